The molecular weight excluding hydrogens is 1520 g/mol. The van der Waals surface area contributed by atoms with E-state index in [0.717, 1.165) is 64.6 Å². The highest BCUT2D eigenvalue weighted by molar-refractivity contribution is 9.11. The third kappa shape index (κ3) is 26.4. The average molecular weight is 1620 g/mol. The molecule has 108 heavy (non-hydrogen) atoms. The number of benzene rings is 6. The number of hydrogen-bond donors (Lipinski definition) is 5. The van der Waals surface area contributed by atoms with Gasteiger partial charge in [-0.05, 0) is 259 Å². The van der Waals surface area contributed by atoms with Gasteiger partial charge in [-0.2, -0.15) is 36.6 Å². The van der Waals surface area contributed by atoms with Crippen LogP contribution in [0.25, 0.3) is 5.57 Å². The number of aliphatic imine (C=N–C) groups is 1. The molecule has 0 spiro atoms. The molecule has 0 saturated carbocycles. The minimum atomic E-state index is -0.590. The second-order valence-corrected chi connectivity index (χ2v) is 29.2. The van der Waals surface area contributed by atoms with Gasteiger partial charge in [0.2, 0.25) is 6.08 Å². The molecular formula is C81H98B2Br2F6N12O5. The number of isocyanates is 1. The molecule has 2 fully saturated rings. The molecule has 8 rings (SSSR count). The molecule has 0 aromatic heterocycles. The van der Waals surface area contributed by atoms with E-state index < -0.39 is 34.9 Å². The fourth-order valence-corrected chi connectivity index (χ4v) is 10.2. The third-order valence-corrected chi connectivity index (χ3v) is 19.9. The largest absolute Gasteiger partial charge is 0.489 e. The van der Waals surface area contributed by atoms with Gasteiger partial charge < -0.3 is 47.3 Å². The van der Waals surface area contributed by atoms with Gasteiger partial charge in [0.25, 0.3) is 0 Å². The lowest BCUT2D eigenvalue weighted by atomic mass is 9.79. The molecule has 0 amide bonds. The van der Waals surface area contributed by atoms with Crippen molar-refractivity contribution in [2.75, 3.05) is 28.7 Å². The highest BCUT2D eigenvalue weighted by Crippen LogP contribution is 2.42. The smallest absolute Gasteiger partial charge is 0.400 e. The first-order valence-electron chi connectivity index (χ1n) is 34.4. The number of nitrogen functional groups attached to an aromatic ring is 5. The summed E-state index contributed by atoms with van der Waals surface area (Å²) in [7, 11) is -0.412. The van der Waals surface area contributed by atoms with E-state index in [0.29, 0.717) is 49.7 Å². The van der Waals surface area contributed by atoms with Crippen molar-refractivity contribution in [1.82, 2.24) is 0 Å². The highest BCUT2D eigenvalue weighted by Gasteiger charge is 2.52. The summed E-state index contributed by atoms with van der Waals surface area (Å²) < 4.78 is 103. The minimum absolute atomic E-state index is 0.00356. The van der Waals surface area contributed by atoms with Gasteiger partial charge >= 0.3 is 14.2 Å². The Balaban J connectivity index is 0.000000621. The molecule has 17 nitrogen and oxygen atoms in total. The summed E-state index contributed by atoms with van der Waals surface area (Å²) in [6, 6.07) is 25.5. The Morgan fingerprint density at radius 2 is 0.898 bits per heavy atom. The summed E-state index contributed by atoms with van der Waals surface area (Å²) in [5.41, 5.74) is 35.4. The number of halogens is 8. The first kappa shape index (κ1) is 96.4. The molecule has 574 valence electrons. The van der Waals surface area contributed by atoms with Crippen LogP contribution >= 0.6 is 31.9 Å². The van der Waals surface area contributed by atoms with Crippen LogP contribution in [0.2, 0.25) is 0 Å². The molecule has 0 bridgehead atoms. The van der Waals surface area contributed by atoms with Gasteiger partial charge in [-0.25, -0.2) is 31.1 Å². The molecule has 6 aromatic carbocycles. The quantitative estimate of drug-likeness (QED) is 0.0264. The van der Waals surface area contributed by atoms with Gasteiger partial charge in [0.05, 0.1) is 71.6 Å². The first-order chi connectivity index (χ1) is 50.1. The number of nitriles is 6. The molecule has 2 aliphatic heterocycles. The molecule has 2 aliphatic rings. The lowest BCUT2D eigenvalue weighted by Crippen LogP contribution is -2.41. The Kier molecular flexibility index (Phi) is 38.7. The van der Waals surface area contributed by atoms with Gasteiger partial charge in [-0.3, -0.25) is 0 Å². The Labute approximate surface area is 651 Å². The van der Waals surface area contributed by atoms with Crippen LogP contribution < -0.4 is 28.7 Å². The van der Waals surface area contributed by atoms with E-state index in [9.17, 15) is 31.1 Å². The number of nitrogens with zero attached hydrogens (tertiary/aromatic N) is 7. The molecule has 10 N–H and O–H groups in total. The zero-order valence-electron chi connectivity index (χ0n) is 65.4. The number of carbonyl (C=O) groups excluding carboxylic acids is 1. The Hall–Kier alpha value is -9.63. The average Bonchev–Trinajstić information content (AvgIpc) is 1.61. The number of hydrogen-bond acceptors (Lipinski definition) is 17. The van der Waals surface area contributed by atoms with E-state index in [4.69, 9.17) is 78.9 Å². The van der Waals surface area contributed by atoms with Crippen LogP contribution in [-0.4, -0.2) is 42.7 Å². The number of rotatable bonds is 11. The maximum absolute atomic E-state index is 14.2. The maximum atomic E-state index is 14.2. The van der Waals surface area contributed by atoms with Crippen LogP contribution in [0.5, 0.6) is 0 Å². The zero-order valence-corrected chi connectivity index (χ0v) is 68.6. The predicted molar refractivity (Wildman–Crippen MR) is 428 cm³/mol. The van der Waals surface area contributed by atoms with Crippen LogP contribution in [0, 0.1) is 103 Å². The van der Waals surface area contributed by atoms with Crippen LogP contribution in [0.1, 0.15) is 250 Å². The maximum Gasteiger partial charge on any atom is 0.489 e. The zero-order chi connectivity index (χ0) is 83.4. The summed E-state index contributed by atoms with van der Waals surface area (Å²) in [5, 5.41) is 51.7. The predicted octanol–water partition coefficient (Wildman–Crippen LogP) is 21.5. The van der Waals surface area contributed by atoms with Crippen LogP contribution in [-0.2, 0) is 23.4 Å². The molecule has 3 atom stereocenters. The summed E-state index contributed by atoms with van der Waals surface area (Å²) in [4.78, 5) is 14.3. The van der Waals surface area contributed by atoms with Gasteiger partial charge in [0.1, 0.15) is 65.5 Å². The van der Waals surface area contributed by atoms with E-state index in [-0.39, 0.29) is 98.2 Å². The van der Waals surface area contributed by atoms with Gasteiger partial charge in [0, 0.05) is 38.3 Å². The number of anilines is 5. The Morgan fingerprint density at radius 3 is 1.30 bits per heavy atom. The third-order valence-electron chi connectivity index (χ3n) is 18.5. The van der Waals surface area contributed by atoms with Crippen molar-refractivity contribution in [3.8, 4) is 36.4 Å². The molecule has 0 radical (unpaired) electrons. The van der Waals surface area contributed by atoms with Crippen molar-refractivity contribution in [3.63, 3.8) is 0 Å². The molecule has 2 saturated heterocycles. The van der Waals surface area contributed by atoms with Gasteiger partial charge in [-0.15, -0.1) is 6.58 Å². The van der Waals surface area contributed by atoms with E-state index in [1.807, 2.05) is 148 Å². The van der Waals surface area contributed by atoms with Crippen molar-refractivity contribution in [3.05, 3.63) is 201 Å². The van der Waals surface area contributed by atoms with Crippen LogP contribution in [0.3, 0.4) is 0 Å². The molecule has 0 aliphatic carbocycles. The second-order valence-electron chi connectivity index (χ2n) is 27.6. The monoisotopic (exact) mass is 1610 g/mol. The highest BCUT2D eigenvalue weighted by atomic mass is 79.9. The van der Waals surface area contributed by atoms with E-state index in [2.05, 4.69) is 71.1 Å². The second kappa shape index (κ2) is 43.4. The SMILES string of the molecule is C/C=C(\C)B1OC(C)(C)C(C)(C)O1.C/C=C(\C)c1cc(C#N)c(F)cc1N.C=C(C)B1OC(C)(C)C(C)(C)O1.CCC(C)c1cc(C#N)c(F)c(Br)c1N.CCC(C)c1cc(C#N)c(F)c(C(C)C)c1N=C=O.CCC(C)c1cc(C#N)c(F)cc1N.N#Cc1cc(Br)c(N)cc1F.N#Cc1ccc(N)cc1F. The minimum Gasteiger partial charge on any atom is -0.400 e. The fourth-order valence-electron chi connectivity index (χ4n) is 9.42. The summed E-state index contributed by atoms with van der Waals surface area (Å²) >= 11 is 6.15. The Morgan fingerprint density at radius 1 is 0.519 bits per heavy atom. The van der Waals surface area contributed by atoms with Crippen LogP contribution in [0.4, 0.5) is 60.5 Å². The standard InChI is InChI=1S/C15H17FN2O.C11H12BrFN2.C11H13FN2.C11H11FN2.C10H19BO2.C9H17BO2.C7H4BrFN2.C7H5FN2/c1-5-10(4)12-6-11(7-17)14(16)13(9(2)3)15(12)18-8-19;1-3-6(2)8-4-7(5-14)10(13)9(12)11(8)15;2*1-3-7(2)9-4-8(6-13)10(12)5-11(9)14;1-7-8(2)11-12-9(3,4)10(5,6)13-11;1-7(2)10-11-8(3,4)9(5,6)12-10;8-5-1-4(3-10)6(9)2-7(5)11;8-7-3-6(10)2-1-5(7)4-9/h6,9-10H,5H2,1-4H3;4,6H,3,15H2,1-2H3;4-5,7H,3,14H2,1-2H3;3-5H,14H2,1-2H3;7H,1-6H3;1H2,2-6H3;1-2H,11H2;1-3H,10H2/b;;;7-3+;8-7+;;;. The van der Waals surface area contributed by atoms with Crippen molar-refractivity contribution >= 4 is 91.9 Å². The molecule has 6 aromatic rings. The fraction of sp³-hybridized carbons (Fsp3) is 0.395. The molecule has 27 heteroatoms. The van der Waals surface area contributed by atoms with Crippen molar-refractivity contribution < 1.29 is 49.8 Å². The van der Waals surface area contributed by atoms with Gasteiger partial charge in [-0.1, -0.05) is 73.0 Å². The van der Waals surface area contributed by atoms with Crippen molar-refractivity contribution in [2.45, 2.75) is 211 Å². The Bertz CT molecular complexity index is 4530. The van der Waals surface area contributed by atoms with Crippen molar-refractivity contribution in [2.24, 2.45) is 4.99 Å². The first-order valence-corrected chi connectivity index (χ1v) is 36.0. The van der Waals surface area contributed by atoms with E-state index >= 15 is 0 Å². The van der Waals surface area contributed by atoms with Crippen molar-refractivity contribution in [1.29, 1.82) is 31.6 Å². The van der Waals surface area contributed by atoms with E-state index in [1.165, 1.54) is 54.6 Å². The van der Waals surface area contributed by atoms with Gasteiger partial charge in [0.15, 0.2) is 5.82 Å². The number of allylic oxidation sites excluding steroid dienone is 5. The summed E-state index contributed by atoms with van der Waals surface area (Å²) in [6.07, 6.45) is 8.01. The summed E-state index contributed by atoms with van der Waals surface area (Å²) in [5.74, 6) is -3.04. The van der Waals surface area contributed by atoms with Crippen LogP contribution in [0.15, 0.2) is 110 Å². The topological polar surface area (TPSA) is 339 Å². The lowest BCUT2D eigenvalue weighted by Gasteiger charge is -2.32. The lowest BCUT2D eigenvalue weighted by molar-refractivity contribution is 0.00578. The normalized spacial score (nSPS) is 14.6. The summed E-state index contributed by atoms with van der Waals surface area (Å²) in [6.45, 7) is 45.5. The number of nitrogens with two attached hydrogens (primary N) is 5. The molecule has 3 unspecified atom stereocenters. The van der Waals surface area contributed by atoms with E-state index in [1.54, 1.807) is 24.3 Å². The molecule has 2 heterocycles.